The van der Waals surface area contributed by atoms with Crippen molar-refractivity contribution in [2.24, 2.45) is 0 Å². The van der Waals surface area contributed by atoms with Gasteiger partial charge in [-0.15, -0.1) is 0 Å². The molecule has 2 saturated heterocycles. The van der Waals surface area contributed by atoms with Crippen LogP contribution in [0.5, 0.6) is 5.75 Å². The highest BCUT2D eigenvalue weighted by Crippen LogP contribution is 2.36. The maximum Gasteiger partial charge on any atom is 0.235 e. The molecule has 16 heteroatoms. The molecule has 0 saturated carbocycles. The molecule has 0 unspecified atom stereocenters. The average molecular weight is 723 g/mol. The van der Waals surface area contributed by atoms with Crippen LogP contribution in [0.4, 0.5) is 0 Å². The van der Waals surface area contributed by atoms with Gasteiger partial charge in [0.05, 0.1) is 18.1 Å². The van der Waals surface area contributed by atoms with E-state index in [2.05, 4.69) is 0 Å². The third kappa shape index (κ3) is 8.29. The van der Waals surface area contributed by atoms with E-state index >= 15 is 0 Å². The van der Waals surface area contributed by atoms with Crippen LogP contribution >= 0.6 is 0 Å². The Morgan fingerprint density at radius 2 is 1.29 bits per heavy atom. The van der Waals surface area contributed by atoms with Crippen molar-refractivity contribution in [1.29, 1.82) is 0 Å². The Labute approximate surface area is 292 Å². The Kier molecular flexibility index (Phi) is 13.2. The summed E-state index contributed by atoms with van der Waals surface area (Å²) in [4.78, 5) is 14.4. The molecule has 282 valence electrons. The molecule has 0 spiro atoms. The van der Waals surface area contributed by atoms with Crippen LogP contribution < -0.4 is 10.2 Å². The van der Waals surface area contributed by atoms with E-state index in [1.54, 1.807) is 30.3 Å². The SMILES string of the molecule is C[C@@H]1O[C@@H](OC[C@H]2O[C@@H](Oc3c(-c4ccc(CCO)c(CCO)c4)oc4cc(CCO)cc(CCO)c4c3=O)[C@H](O)[C@@H](O)[C@@H]2O)[C@H](O)[C@H](O)[C@H]1O. The molecular formula is C35H46O16. The van der Waals surface area contributed by atoms with Crippen LogP contribution in [0, 0.1) is 0 Å². The normalized spacial score (nSPS) is 29.8. The number of aliphatic hydroxyl groups excluding tert-OH is 10. The smallest absolute Gasteiger partial charge is 0.235 e. The third-order valence-corrected chi connectivity index (χ3v) is 9.24. The lowest BCUT2D eigenvalue weighted by molar-refractivity contribution is -0.318. The van der Waals surface area contributed by atoms with Crippen LogP contribution in [0.3, 0.4) is 0 Å². The summed E-state index contributed by atoms with van der Waals surface area (Å²) < 4.78 is 29.2. The van der Waals surface area contributed by atoms with Crippen LogP contribution in [0.25, 0.3) is 22.3 Å². The van der Waals surface area contributed by atoms with Gasteiger partial charge in [0.25, 0.3) is 0 Å². The van der Waals surface area contributed by atoms with Crippen molar-refractivity contribution in [2.45, 2.75) is 94.0 Å². The second-order valence-electron chi connectivity index (χ2n) is 12.7. The highest BCUT2D eigenvalue weighted by Gasteiger charge is 2.48. The van der Waals surface area contributed by atoms with Gasteiger partial charge in [0.1, 0.15) is 48.3 Å². The average Bonchev–Trinajstić information content (AvgIpc) is 3.11. The molecule has 2 fully saturated rings. The minimum atomic E-state index is -1.91. The van der Waals surface area contributed by atoms with Crippen LogP contribution in [-0.2, 0) is 39.9 Å². The Bertz CT molecular complexity index is 1680. The summed E-state index contributed by atoms with van der Waals surface area (Å²) in [6.07, 6.45) is -15.0. The first-order chi connectivity index (χ1) is 24.4. The number of benzene rings is 2. The summed E-state index contributed by atoms with van der Waals surface area (Å²) in [5.41, 5.74) is 2.11. The lowest BCUT2D eigenvalue weighted by Gasteiger charge is -2.42. The van der Waals surface area contributed by atoms with Crippen molar-refractivity contribution < 1.29 is 74.4 Å². The molecule has 0 bridgehead atoms. The predicted octanol–water partition coefficient (Wildman–Crippen LogP) is -2.37. The number of ether oxygens (including phenoxy) is 4. The van der Waals surface area contributed by atoms with Gasteiger partial charge in [0.15, 0.2) is 12.1 Å². The number of hydrogen-bond donors (Lipinski definition) is 10. The molecule has 0 radical (unpaired) electrons. The summed E-state index contributed by atoms with van der Waals surface area (Å²) >= 11 is 0. The lowest BCUT2D eigenvalue weighted by Crippen LogP contribution is -2.61. The molecule has 10 N–H and O–H groups in total. The van der Waals surface area contributed by atoms with E-state index < -0.39 is 79.2 Å². The van der Waals surface area contributed by atoms with Gasteiger partial charge >= 0.3 is 0 Å². The fraction of sp³-hybridized carbons (Fsp3) is 0.571. The van der Waals surface area contributed by atoms with Gasteiger partial charge in [0, 0.05) is 32.0 Å². The van der Waals surface area contributed by atoms with Gasteiger partial charge < -0.3 is 74.4 Å². The van der Waals surface area contributed by atoms with Gasteiger partial charge in [-0.1, -0.05) is 18.2 Å². The van der Waals surface area contributed by atoms with Gasteiger partial charge in [0.2, 0.25) is 17.5 Å². The van der Waals surface area contributed by atoms with Crippen LogP contribution in [0.15, 0.2) is 39.5 Å². The molecule has 0 aliphatic carbocycles. The largest absolute Gasteiger partial charge is 0.454 e. The Hall–Kier alpha value is -3.07. The lowest BCUT2D eigenvalue weighted by atomic mass is 9.96. The first-order valence-corrected chi connectivity index (χ1v) is 16.8. The molecule has 16 nitrogen and oxygen atoms in total. The molecule has 3 aromatic rings. The standard InChI is InChI=1S/C35H46O16/c1-16-25(40)28(43)30(45)34(48-16)47-15-23-26(41)29(44)31(46)35(50-23)51-33-27(42)24-20(7-11-39)12-17(4-8-36)13-22(24)49-32(33)21-3-2-18(5-9-37)19(14-21)6-10-38/h2-3,12-14,16,23,25-26,28-31,34-41,43-46H,4-11,15H2,1H3/t16-,23+,25-,26+,28+,29-,30+,31+,34+,35-/m0/s1. The molecule has 2 aliphatic heterocycles. The number of hydrogen-bond acceptors (Lipinski definition) is 16. The molecule has 10 atom stereocenters. The van der Waals surface area contributed by atoms with Gasteiger partial charge in [-0.2, -0.15) is 0 Å². The van der Waals surface area contributed by atoms with Crippen LogP contribution in [0.2, 0.25) is 0 Å². The molecule has 0 amide bonds. The molecular weight excluding hydrogens is 676 g/mol. The Morgan fingerprint density at radius 1 is 0.667 bits per heavy atom. The van der Waals surface area contributed by atoms with Crippen LogP contribution in [-0.4, -0.2) is 146 Å². The number of rotatable bonds is 14. The van der Waals surface area contributed by atoms with Crippen molar-refractivity contribution >= 4 is 11.0 Å². The summed E-state index contributed by atoms with van der Waals surface area (Å²) in [6, 6.07) is 8.19. The quantitative estimate of drug-likeness (QED) is 0.0833. The molecule has 5 rings (SSSR count). The maximum absolute atomic E-state index is 14.4. The third-order valence-electron chi connectivity index (χ3n) is 9.24. The second kappa shape index (κ2) is 17.2. The Morgan fingerprint density at radius 3 is 1.98 bits per heavy atom. The summed E-state index contributed by atoms with van der Waals surface area (Å²) in [5, 5.41) is 102. The number of fused-ring (bicyclic) bond motifs is 1. The summed E-state index contributed by atoms with van der Waals surface area (Å²) in [5.74, 6) is -0.575. The van der Waals surface area contributed by atoms with Crippen LogP contribution in [0.1, 0.15) is 29.2 Å². The van der Waals surface area contributed by atoms with Gasteiger partial charge in [-0.05, 0) is 67.0 Å². The van der Waals surface area contributed by atoms with Crippen molar-refractivity contribution in [3.05, 3.63) is 62.8 Å². The zero-order valence-electron chi connectivity index (χ0n) is 27.9. The van der Waals surface area contributed by atoms with E-state index in [-0.39, 0.29) is 62.4 Å². The number of aliphatic hydroxyl groups is 10. The fourth-order valence-corrected chi connectivity index (χ4v) is 6.43. The van der Waals surface area contributed by atoms with Gasteiger partial charge in [-0.25, -0.2) is 0 Å². The van der Waals surface area contributed by atoms with E-state index in [4.69, 9.17) is 23.4 Å². The first kappa shape index (κ1) is 39.1. The molecule has 2 aromatic carbocycles. The van der Waals surface area contributed by atoms with E-state index in [0.29, 0.717) is 28.7 Å². The predicted molar refractivity (Wildman–Crippen MR) is 177 cm³/mol. The van der Waals surface area contributed by atoms with E-state index in [1.807, 2.05) is 0 Å². The first-order valence-electron chi connectivity index (χ1n) is 16.8. The zero-order valence-corrected chi connectivity index (χ0v) is 27.9. The minimum Gasteiger partial charge on any atom is -0.454 e. The van der Waals surface area contributed by atoms with E-state index in [9.17, 15) is 55.9 Å². The molecule has 1 aromatic heterocycles. The minimum absolute atomic E-state index is 0.0426. The zero-order chi connectivity index (χ0) is 37.0. The van der Waals surface area contributed by atoms with Gasteiger partial charge in [-0.3, -0.25) is 4.79 Å². The maximum atomic E-state index is 14.4. The van der Waals surface area contributed by atoms with Crippen molar-refractivity contribution in [2.75, 3.05) is 33.0 Å². The van der Waals surface area contributed by atoms with Crippen molar-refractivity contribution in [3.8, 4) is 17.1 Å². The van der Waals surface area contributed by atoms with E-state index in [0.717, 1.165) is 5.56 Å². The monoisotopic (exact) mass is 722 g/mol. The molecule has 2 aliphatic rings. The highest BCUT2D eigenvalue weighted by molar-refractivity contribution is 5.86. The highest BCUT2D eigenvalue weighted by atomic mass is 16.7. The summed E-state index contributed by atoms with van der Waals surface area (Å²) in [7, 11) is 0. The van der Waals surface area contributed by atoms with E-state index in [1.165, 1.54) is 6.92 Å². The second-order valence-corrected chi connectivity index (χ2v) is 12.7. The fourth-order valence-electron chi connectivity index (χ4n) is 6.43. The van der Waals surface area contributed by atoms with Crippen molar-refractivity contribution in [1.82, 2.24) is 0 Å². The summed E-state index contributed by atoms with van der Waals surface area (Å²) in [6.45, 7) is 0.00721. The van der Waals surface area contributed by atoms with Crippen molar-refractivity contribution in [3.63, 3.8) is 0 Å². The topological polar surface area (TPSA) is 269 Å². The molecule has 3 heterocycles. The Balaban J connectivity index is 1.56. The molecule has 51 heavy (non-hydrogen) atoms.